The zero-order chi connectivity index (χ0) is 19.9. The van der Waals surface area contributed by atoms with Gasteiger partial charge in [-0.1, -0.05) is 24.8 Å². The summed E-state index contributed by atoms with van der Waals surface area (Å²) in [5.41, 5.74) is 0.848. The molecule has 0 bridgehead atoms. The van der Waals surface area contributed by atoms with Gasteiger partial charge in [-0.15, -0.1) is 11.3 Å². The molecule has 0 aliphatic carbocycles. The molecule has 2 amide bonds. The van der Waals surface area contributed by atoms with E-state index in [0.29, 0.717) is 26.2 Å². The number of rotatable bonds is 7. The number of carbonyl (C=O) groups excluding carboxylic acids is 2. The van der Waals surface area contributed by atoms with Gasteiger partial charge in [0, 0.05) is 31.4 Å². The first-order valence-electron chi connectivity index (χ1n) is 9.36. The SMILES string of the molecule is C=CC(=O)N(Cc1csc(COc2ccccc2)n1)C1CCN(C(C)=O)CC1. The molecule has 0 atom stereocenters. The number of piperidine rings is 1. The molecule has 0 N–H and O–H groups in total. The summed E-state index contributed by atoms with van der Waals surface area (Å²) < 4.78 is 5.74. The molecule has 1 aromatic carbocycles. The molecule has 0 radical (unpaired) electrons. The van der Waals surface area contributed by atoms with Gasteiger partial charge in [-0.05, 0) is 31.1 Å². The lowest BCUT2D eigenvalue weighted by molar-refractivity contribution is -0.133. The summed E-state index contributed by atoms with van der Waals surface area (Å²) in [4.78, 5) is 32.2. The quantitative estimate of drug-likeness (QED) is 0.671. The van der Waals surface area contributed by atoms with Crippen LogP contribution in [0.15, 0.2) is 48.4 Å². The van der Waals surface area contributed by atoms with Crippen LogP contribution in [0.2, 0.25) is 0 Å². The number of hydrogen-bond acceptors (Lipinski definition) is 5. The van der Waals surface area contributed by atoms with Gasteiger partial charge >= 0.3 is 0 Å². The summed E-state index contributed by atoms with van der Waals surface area (Å²) in [6.45, 7) is 7.42. The molecule has 1 aliphatic heterocycles. The Kier molecular flexibility index (Phi) is 6.81. The normalized spacial score (nSPS) is 14.5. The molecule has 1 aromatic heterocycles. The van der Waals surface area contributed by atoms with E-state index >= 15 is 0 Å². The van der Waals surface area contributed by atoms with Crippen molar-refractivity contribution in [1.82, 2.24) is 14.8 Å². The number of benzene rings is 1. The van der Waals surface area contributed by atoms with Crippen molar-refractivity contribution in [3.63, 3.8) is 0 Å². The number of amides is 2. The molecule has 0 saturated carbocycles. The summed E-state index contributed by atoms with van der Waals surface area (Å²) in [5.74, 6) is 0.791. The van der Waals surface area contributed by atoms with Gasteiger partial charge in [-0.3, -0.25) is 9.59 Å². The summed E-state index contributed by atoms with van der Waals surface area (Å²) >= 11 is 1.53. The van der Waals surface area contributed by atoms with Crippen molar-refractivity contribution >= 4 is 23.2 Å². The van der Waals surface area contributed by atoms with Crippen LogP contribution < -0.4 is 4.74 Å². The van der Waals surface area contributed by atoms with Crippen molar-refractivity contribution < 1.29 is 14.3 Å². The van der Waals surface area contributed by atoms with E-state index in [2.05, 4.69) is 11.6 Å². The molecule has 6 nitrogen and oxygen atoms in total. The lowest BCUT2D eigenvalue weighted by atomic mass is 10.0. The Morgan fingerprint density at radius 3 is 2.68 bits per heavy atom. The van der Waals surface area contributed by atoms with Crippen LogP contribution in [-0.4, -0.2) is 45.7 Å². The third-order valence-corrected chi connectivity index (χ3v) is 5.72. The summed E-state index contributed by atoms with van der Waals surface area (Å²) in [6.07, 6.45) is 2.89. The topological polar surface area (TPSA) is 62.7 Å². The number of hydrogen-bond donors (Lipinski definition) is 0. The predicted molar refractivity (Wildman–Crippen MR) is 109 cm³/mol. The number of carbonyl (C=O) groups is 2. The van der Waals surface area contributed by atoms with Crippen LogP contribution in [0.1, 0.15) is 30.5 Å². The Labute approximate surface area is 169 Å². The van der Waals surface area contributed by atoms with E-state index in [-0.39, 0.29) is 17.9 Å². The molecule has 1 saturated heterocycles. The Balaban J connectivity index is 1.60. The van der Waals surface area contributed by atoms with E-state index in [0.717, 1.165) is 29.3 Å². The average Bonchev–Trinajstić information content (AvgIpc) is 3.18. The van der Waals surface area contributed by atoms with Crippen molar-refractivity contribution in [2.75, 3.05) is 13.1 Å². The molecule has 1 aliphatic rings. The third-order valence-electron chi connectivity index (χ3n) is 4.85. The second-order valence-electron chi connectivity index (χ2n) is 6.74. The lowest BCUT2D eigenvalue weighted by Gasteiger charge is -2.37. The molecule has 1 fully saturated rings. The van der Waals surface area contributed by atoms with Crippen LogP contribution in [0.4, 0.5) is 0 Å². The van der Waals surface area contributed by atoms with Crippen molar-refractivity contribution in [3.05, 3.63) is 59.1 Å². The molecule has 0 unspecified atom stereocenters. The van der Waals surface area contributed by atoms with E-state index in [1.54, 1.807) is 6.92 Å². The van der Waals surface area contributed by atoms with Crippen molar-refractivity contribution in [2.24, 2.45) is 0 Å². The number of para-hydroxylation sites is 1. The second-order valence-corrected chi connectivity index (χ2v) is 7.68. The molecule has 7 heteroatoms. The molecule has 2 aromatic rings. The molecular weight excluding hydrogens is 374 g/mol. The van der Waals surface area contributed by atoms with Gasteiger partial charge in [0.05, 0.1) is 12.2 Å². The molecule has 148 valence electrons. The van der Waals surface area contributed by atoms with E-state index in [1.807, 2.05) is 45.5 Å². The molecule has 3 rings (SSSR count). The number of aromatic nitrogens is 1. The average molecular weight is 400 g/mol. The van der Waals surface area contributed by atoms with Crippen LogP contribution in [0.25, 0.3) is 0 Å². The minimum Gasteiger partial charge on any atom is -0.486 e. The summed E-state index contributed by atoms with van der Waals surface area (Å²) in [7, 11) is 0. The van der Waals surface area contributed by atoms with Crippen molar-refractivity contribution in [2.45, 2.75) is 39.0 Å². The first kappa shape index (κ1) is 20.1. The van der Waals surface area contributed by atoms with Gasteiger partial charge in [-0.2, -0.15) is 0 Å². The standard InChI is InChI=1S/C21H25N3O3S/c1-3-21(26)24(18-9-11-23(12-10-18)16(2)25)13-17-15-28-20(22-17)14-27-19-7-5-4-6-8-19/h3-8,15,18H,1,9-14H2,2H3. The van der Waals surface area contributed by atoms with Gasteiger partial charge in [0.25, 0.3) is 0 Å². The second kappa shape index (κ2) is 9.50. The number of likely N-dealkylation sites (tertiary alicyclic amines) is 1. The number of thiazole rings is 1. The van der Waals surface area contributed by atoms with E-state index in [9.17, 15) is 9.59 Å². The monoisotopic (exact) mass is 399 g/mol. The lowest BCUT2D eigenvalue weighted by Crippen LogP contribution is -2.47. The van der Waals surface area contributed by atoms with Gasteiger partial charge in [0.15, 0.2) is 0 Å². The Bertz CT molecular complexity index is 813. The fraction of sp³-hybridized carbons (Fsp3) is 0.381. The summed E-state index contributed by atoms with van der Waals surface area (Å²) in [5, 5.41) is 2.84. The van der Waals surface area contributed by atoms with E-state index < -0.39 is 0 Å². The van der Waals surface area contributed by atoms with Gasteiger partial charge < -0.3 is 14.5 Å². The fourth-order valence-electron chi connectivity index (χ4n) is 3.32. The fourth-order valence-corrected chi connectivity index (χ4v) is 4.02. The molecule has 28 heavy (non-hydrogen) atoms. The first-order valence-corrected chi connectivity index (χ1v) is 10.2. The zero-order valence-corrected chi connectivity index (χ0v) is 16.9. The number of nitrogens with zero attached hydrogens (tertiary/aromatic N) is 3. The maximum absolute atomic E-state index is 12.4. The first-order chi connectivity index (χ1) is 13.6. The maximum atomic E-state index is 12.4. The minimum atomic E-state index is -0.101. The highest BCUT2D eigenvalue weighted by molar-refractivity contribution is 7.09. The highest BCUT2D eigenvalue weighted by atomic mass is 32.1. The van der Waals surface area contributed by atoms with Crippen molar-refractivity contribution in [3.8, 4) is 5.75 Å². The van der Waals surface area contributed by atoms with Gasteiger partial charge in [0.2, 0.25) is 11.8 Å². The summed E-state index contributed by atoms with van der Waals surface area (Å²) in [6, 6.07) is 9.71. The maximum Gasteiger partial charge on any atom is 0.246 e. The Morgan fingerprint density at radius 1 is 1.32 bits per heavy atom. The third kappa shape index (κ3) is 5.19. The molecular formula is C21H25N3O3S. The van der Waals surface area contributed by atoms with Gasteiger partial charge in [-0.25, -0.2) is 4.98 Å². The largest absolute Gasteiger partial charge is 0.486 e. The van der Waals surface area contributed by atoms with E-state index in [1.165, 1.54) is 17.4 Å². The Morgan fingerprint density at radius 2 is 2.04 bits per heavy atom. The van der Waals surface area contributed by atoms with Crippen LogP contribution in [-0.2, 0) is 22.7 Å². The molecule has 2 heterocycles. The predicted octanol–water partition coefficient (Wildman–Crippen LogP) is 3.25. The van der Waals surface area contributed by atoms with Crippen LogP contribution >= 0.6 is 11.3 Å². The minimum absolute atomic E-state index is 0.0857. The highest BCUT2D eigenvalue weighted by Crippen LogP contribution is 2.21. The smallest absolute Gasteiger partial charge is 0.246 e. The zero-order valence-electron chi connectivity index (χ0n) is 16.0. The van der Waals surface area contributed by atoms with E-state index in [4.69, 9.17) is 4.74 Å². The van der Waals surface area contributed by atoms with Gasteiger partial charge in [0.1, 0.15) is 17.4 Å². The highest BCUT2D eigenvalue weighted by Gasteiger charge is 2.28. The Hall–Kier alpha value is -2.67. The molecule has 0 spiro atoms. The van der Waals surface area contributed by atoms with Crippen LogP contribution in [0.3, 0.4) is 0 Å². The van der Waals surface area contributed by atoms with Crippen molar-refractivity contribution in [1.29, 1.82) is 0 Å². The van der Waals surface area contributed by atoms with Crippen LogP contribution in [0, 0.1) is 0 Å². The van der Waals surface area contributed by atoms with Crippen LogP contribution in [0.5, 0.6) is 5.75 Å². The number of ether oxygens (including phenoxy) is 1.